The molecule has 1 N–H and O–H groups in total. The Bertz CT molecular complexity index is 303. The van der Waals surface area contributed by atoms with Gasteiger partial charge in [-0.15, -0.1) is 5.10 Å². The van der Waals surface area contributed by atoms with Crippen molar-refractivity contribution in [1.29, 1.82) is 0 Å². The maximum absolute atomic E-state index is 8.79. The average Bonchev–Trinajstić information content (AvgIpc) is 2.17. The predicted octanol–water partition coefficient (Wildman–Crippen LogP) is 1.20. The first-order chi connectivity index (χ1) is 6.95. The van der Waals surface area contributed by atoms with E-state index in [0.29, 0.717) is 6.54 Å². The Hall–Kier alpha value is -1.16. The molecule has 1 rings (SSSR count). The Kier molecular flexibility index (Phi) is 3.63. The van der Waals surface area contributed by atoms with Crippen molar-refractivity contribution in [3.63, 3.8) is 0 Å². The molecule has 0 saturated heterocycles. The Morgan fingerprint density at radius 1 is 1.27 bits per heavy atom. The Morgan fingerprint density at radius 3 is 2.33 bits per heavy atom. The Morgan fingerprint density at radius 2 is 1.93 bits per heavy atom. The van der Waals surface area contributed by atoms with Crippen molar-refractivity contribution in [2.75, 3.05) is 25.1 Å². The second-order valence-corrected chi connectivity index (χ2v) is 4.67. The molecule has 0 saturated carbocycles. The number of likely N-dealkylation sites (N-methyl/N-ethyl adjacent to an activating group) is 1. The predicted molar refractivity (Wildman–Crippen MR) is 61.1 cm³/mol. The fourth-order valence-electron chi connectivity index (χ4n) is 1.19. The van der Waals surface area contributed by atoms with Gasteiger partial charge in [-0.25, -0.2) is 0 Å². The summed E-state index contributed by atoms with van der Waals surface area (Å²) in [5.74, 6) is 0.789. The van der Waals surface area contributed by atoms with Gasteiger partial charge < -0.3 is 10.0 Å². The van der Waals surface area contributed by atoms with Crippen molar-refractivity contribution in [2.24, 2.45) is 0 Å². The van der Waals surface area contributed by atoms with Gasteiger partial charge in [-0.1, -0.05) is 20.8 Å². The molecule has 0 aliphatic heterocycles. The minimum absolute atomic E-state index is 0.0288. The van der Waals surface area contributed by atoms with Crippen LogP contribution in [-0.4, -0.2) is 35.5 Å². The molecule has 1 heterocycles. The number of hydrogen-bond acceptors (Lipinski definition) is 4. The van der Waals surface area contributed by atoms with Crippen LogP contribution in [0.4, 0.5) is 5.82 Å². The van der Waals surface area contributed by atoms with Gasteiger partial charge in [-0.3, -0.25) is 0 Å². The summed E-state index contributed by atoms with van der Waals surface area (Å²) < 4.78 is 0. The van der Waals surface area contributed by atoms with E-state index in [1.807, 2.05) is 24.1 Å². The lowest BCUT2D eigenvalue weighted by Crippen LogP contribution is -2.23. The molecule has 0 aliphatic carbocycles. The first kappa shape index (κ1) is 11.9. The van der Waals surface area contributed by atoms with E-state index < -0.39 is 0 Å². The first-order valence-corrected chi connectivity index (χ1v) is 5.11. The lowest BCUT2D eigenvalue weighted by molar-refractivity contribution is 0.303. The molecule has 0 unspecified atom stereocenters. The van der Waals surface area contributed by atoms with Crippen LogP contribution in [0.1, 0.15) is 26.5 Å². The molecular formula is C11H19N3O. The fraction of sp³-hybridized carbons (Fsp3) is 0.636. The number of aliphatic hydroxyl groups is 1. The number of nitrogens with zero attached hydrogens (tertiary/aromatic N) is 3. The summed E-state index contributed by atoms with van der Waals surface area (Å²) in [4.78, 5) is 1.87. The van der Waals surface area contributed by atoms with E-state index in [9.17, 15) is 0 Å². The Balaban J connectivity index is 2.81. The minimum atomic E-state index is 0.0288. The third-order valence-corrected chi connectivity index (χ3v) is 2.25. The lowest BCUT2D eigenvalue weighted by atomic mass is 9.92. The van der Waals surface area contributed by atoms with Crippen LogP contribution >= 0.6 is 0 Å². The van der Waals surface area contributed by atoms with Crippen molar-refractivity contribution in [3.8, 4) is 0 Å². The zero-order chi connectivity index (χ0) is 11.5. The molecule has 0 bridgehead atoms. The molecule has 0 atom stereocenters. The molecule has 0 amide bonds. The molecule has 4 nitrogen and oxygen atoms in total. The summed E-state index contributed by atoms with van der Waals surface area (Å²) >= 11 is 0. The SMILES string of the molecule is CN(CCO)c1ccc(C(C)(C)C)nn1. The zero-order valence-corrected chi connectivity index (χ0v) is 9.86. The second-order valence-electron chi connectivity index (χ2n) is 4.67. The second kappa shape index (κ2) is 4.57. The van der Waals surface area contributed by atoms with E-state index in [1.54, 1.807) is 0 Å². The topological polar surface area (TPSA) is 49.2 Å². The molecule has 1 aromatic heterocycles. The molecule has 1 aromatic rings. The van der Waals surface area contributed by atoms with Gasteiger partial charge in [-0.05, 0) is 12.1 Å². The van der Waals surface area contributed by atoms with Gasteiger partial charge in [0.15, 0.2) is 5.82 Å². The summed E-state index contributed by atoms with van der Waals surface area (Å²) in [5.41, 5.74) is 1.00. The van der Waals surface area contributed by atoms with Crippen LogP contribution in [0.15, 0.2) is 12.1 Å². The van der Waals surface area contributed by atoms with Gasteiger partial charge in [0.25, 0.3) is 0 Å². The van der Waals surface area contributed by atoms with Crippen LogP contribution in [-0.2, 0) is 5.41 Å². The number of rotatable bonds is 3. The van der Waals surface area contributed by atoms with Crippen molar-refractivity contribution in [3.05, 3.63) is 17.8 Å². The van der Waals surface area contributed by atoms with Crippen LogP contribution in [0.3, 0.4) is 0 Å². The van der Waals surface area contributed by atoms with E-state index in [2.05, 4.69) is 31.0 Å². The third kappa shape index (κ3) is 3.16. The highest BCUT2D eigenvalue weighted by Gasteiger charge is 2.16. The highest BCUT2D eigenvalue weighted by molar-refractivity contribution is 5.36. The van der Waals surface area contributed by atoms with Gasteiger partial charge in [0.1, 0.15) is 0 Å². The van der Waals surface area contributed by atoms with Crippen LogP contribution in [0.25, 0.3) is 0 Å². The van der Waals surface area contributed by atoms with Crippen LogP contribution in [0.5, 0.6) is 0 Å². The zero-order valence-electron chi connectivity index (χ0n) is 9.86. The average molecular weight is 209 g/mol. The number of aromatic nitrogens is 2. The van der Waals surface area contributed by atoms with Crippen LogP contribution < -0.4 is 4.90 Å². The molecular weight excluding hydrogens is 190 g/mol. The summed E-state index contributed by atoms with van der Waals surface area (Å²) in [6.07, 6.45) is 0. The van der Waals surface area contributed by atoms with Gasteiger partial charge in [0.2, 0.25) is 0 Å². The fourth-order valence-corrected chi connectivity index (χ4v) is 1.19. The molecule has 84 valence electrons. The molecule has 0 spiro atoms. The normalized spacial score (nSPS) is 11.5. The van der Waals surface area contributed by atoms with Gasteiger partial charge in [0.05, 0.1) is 12.3 Å². The molecule has 15 heavy (non-hydrogen) atoms. The highest BCUT2D eigenvalue weighted by Crippen LogP contribution is 2.20. The standard InChI is InChI=1S/C11H19N3O/c1-11(2,3)9-5-6-10(13-12-9)14(4)7-8-15/h5-6,15H,7-8H2,1-4H3. The monoisotopic (exact) mass is 209 g/mol. The summed E-state index contributed by atoms with van der Waals surface area (Å²) in [7, 11) is 1.89. The van der Waals surface area contributed by atoms with Crippen LogP contribution in [0.2, 0.25) is 0 Å². The van der Waals surface area contributed by atoms with Gasteiger partial charge in [-0.2, -0.15) is 5.10 Å². The van der Waals surface area contributed by atoms with Crippen molar-refractivity contribution >= 4 is 5.82 Å². The molecule has 0 aliphatic rings. The van der Waals surface area contributed by atoms with Crippen molar-refractivity contribution < 1.29 is 5.11 Å². The maximum atomic E-state index is 8.79. The number of anilines is 1. The minimum Gasteiger partial charge on any atom is -0.395 e. The van der Waals surface area contributed by atoms with Crippen molar-refractivity contribution in [2.45, 2.75) is 26.2 Å². The van der Waals surface area contributed by atoms with Crippen LogP contribution in [0, 0.1) is 0 Å². The van der Waals surface area contributed by atoms with E-state index in [-0.39, 0.29) is 12.0 Å². The summed E-state index contributed by atoms with van der Waals surface area (Å²) in [6, 6.07) is 3.92. The molecule has 0 fully saturated rings. The third-order valence-electron chi connectivity index (χ3n) is 2.25. The summed E-state index contributed by atoms with van der Waals surface area (Å²) in [5, 5.41) is 17.1. The smallest absolute Gasteiger partial charge is 0.151 e. The quantitative estimate of drug-likeness (QED) is 0.812. The van der Waals surface area contributed by atoms with E-state index in [4.69, 9.17) is 5.11 Å². The first-order valence-electron chi connectivity index (χ1n) is 5.11. The largest absolute Gasteiger partial charge is 0.395 e. The molecule has 4 heteroatoms. The molecule has 0 aromatic carbocycles. The van der Waals surface area contributed by atoms with E-state index >= 15 is 0 Å². The highest BCUT2D eigenvalue weighted by atomic mass is 16.3. The summed E-state index contributed by atoms with van der Waals surface area (Å²) in [6.45, 7) is 7.01. The lowest BCUT2D eigenvalue weighted by Gasteiger charge is -2.19. The number of aliphatic hydroxyl groups excluding tert-OH is 1. The van der Waals surface area contributed by atoms with E-state index in [0.717, 1.165) is 11.5 Å². The Labute approximate surface area is 90.9 Å². The maximum Gasteiger partial charge on any atom is 0.151 e. The van der Waals surface area contributed by atoms with Gasteiger partial charge in [0, 0.05) is 19.0 Å². The van der Waals surface area contributed by atoms with E-state index in [1.165, 1.54) is 0 Å². The van der Waals surface area contributed by atoms with Gasteiger partial charge >= 0.3 is 0 Å². The van der Waals surface area contributed by atoms with Crippen molar-refractivity contribution in [1.82, 2.24) is 10.2 Å². The number of hydrogen-bond donors (Lipinski definition) is 1. The molecule has 0 radical (unpaired) electrons.